The minimum absolute atomic E-state index is 0.231. The molecule has 1 aromatic carbocycles. The van der Waals surface area contributed by atoms with Crippen molar-refractivity contribution in [1.29, 1.82) is 0 Å². The van der Waals surface area contributed by atoms with Crippen molar-refractivity contribution < 1.29 is 28.4 Å². The molecule has 1 unspecified atom stereocenters. The third kappa shape index (κ3) is 3.27. The summed E-state index contributed by atoms with van der Waals surface area (Å²) in [5.41, 5.74) is 3.77. The molecule has 1 aromatic rings. The first-order valence-electron chi connectivity index (χ1n) is 8.31. The van der Waals surface area contributed by atoms with Crippen LogP contribution in [-0.2, 0) is 14.2 Å². The van der Waals surface area contributed by atoms with E-state index in [1.807, 2.05) is 26.0 Å². The van der Waals surface area contributed by atoms with Gasteiger partial charge in [-0.3, -0.25) is 0 Å². The van der Waals surface area contributed by atoms with Crippen LogP contribution in [-0.4, -0.2) is 54.9 Å². The van der Waals surface area contributed by atoms with Crippen LogP contribution in [0.1, 0.15) is 18.1 Å². The Balaban J connectivity index is 2.84. The lowest BCUT2D eigenvalue weighted by atomic mass is 9.85. The second-order valence-electron chi connectivity index (χ2n) is 5.99. The zero-order valence-corrected chi connectivity index (χ0v) is 16.8. The van der Waals surface area contributed by atoms with E-state index in [9.17, 15) is 0 Å². The maximum Gasteiger partial charge on any atom is 0.203 e. The molecule has 1 aliphatic rings. The first-order valence-corrected chi connectivity index (χ1v) is 8.31. The molecule has 0 spiro atoms. The van der Waals surface area contributed by atoms with E-state index in [0.29, 0.717) is 23.0 Å². The van der Waals surface area contributed by atoms with Gasteiger partial charge in [-0.2, -0.15) is 0 Å². The number of benzene rings is 1. The number of rotatable bonds is 7. The number of methoxy groups -OCH3 is 6. The molecule has 26 heavy (non-hydrogen) atoms. The van der Waals surface area contributed by atoms with Gasteiger partial charge in [-0.1, -0.05) is 0 Å². The zero-order valence-electron chi connectivity index (χ0n) is 16.8. The van der Waals surface area contributed by atoms with Crippen LogP contribution in [0.2, 0.25) is 0 Å². The minimum atomic E-state index is -0.360. The maximum absolute atomic E-state index is 5.75. The summed E-state index contributed by atoms with van der Waals surface area (Å²) in [7, 11) is 9.73. The fourth-order valence-corrected chi connectivity index (χ4v) is 3.46. The van der Waals surface area contributed by atoms with E-state index < -0.39 is 0 Å². The average molecular weight is 364 g/mol. The minimum Gasteiger partial charge on any atom is -0.498 e. The van der Waals surface area contributed by atoms with E-state index in [1.54, 1.807) is 42.7 Å². The molecular weight excluding hydrogens is 336 g/mol. The summed E-state index contributed by atoms with van der Waals surface area (Å²) in [5, 5.41) is 0. The third-order valence-electron chi connectivity index (χ3n) is 4.64. The predicted octanol–water partition coefficient (Wildman–Crippen LogP) is 3.37. The van der Waals surface area contributed by atoms with Crippen molar-refractivity contribution >= 4 is 5.57 Å². The summed E-state index contributed by atoms with van der Waals surface area (Å²) in [6.45, 7) is 4.01. The SMILES string of the molecule is COC1=C(c2c(C)cc(OC)c(OC)c2OC)C(C)=C[C@@H](OC)C1OC. The molecule has 0 N–H and O–H groups in total. The molecule has 0 radical (unpaired) electrons. The molecule has 0 amide bonds. The first kappa shape index (κ1) is 20.1. The van der Waals surface area contributed by atoms with E-state index >= 15 is 0 Å². The molecule has 2 atom stereocenters. The molecule has 0 bridgehead atoms. The van der Waals surface area contributed by atoms with Gasteiger partial charge in [-0.25, -0.2) is 0 Å². The molecule has 0 heterocycles. The molecule has 6 nitrogen and oxygen atoms in total. The van der Waals surface area contributed by atoms with Crippen LogP contribution in [0.5, 0.6) is 17.2 Å². The Labute approximate surface area is 155 Å². The van der Waals surface area contributed by atoms with Crippen LogP contribution >= 0.6 is 0 Å². The molecule has 0 saturated carbocycles. The molecule has 0 saturated heterocycles. The van der Waals surface area contributed by atoms with Gasteiger partial charge < -0.3 is 28.4 Å². The van der Waals surface area contributed by atoms with Crippen molar-refractivity contribution in [3.05, 3.63) is 34.6 Å². The molecule has 1 aliphatic carbocycles. The number of hydrogen-bond donors (Lipinski definition) is 0. The molecule has 0 aliphatic heterocycles. The smallest absolute Gasteiger partial charge is 0.203 e. The number of hydrogen-bond acceptors (Lipinski definition) is 6. The van der Waals surface area contributed by atoms with Crippen LogP contribution in [0.4, 0.5) is 0 Å². The summed E-state index contributed by atoms with van der Waals surface area (Å²) in [6.07, 6.45) is 1.44. The van der Waals surface area contributed by atoms with Gasteiger partial charge in [0.1, 0.15) is 18.0 Å². The van der Waals surface area contributed by atoms with E-state index in [4.69, 9.17) is 28.4 Å². The van der Waals surface area contributed by atoms with E-state index in [-0.39, 0.29) is 12.2 Å². The van der Waals surface area contributed by atoms with Gasteiger partial charge in [0.05, 0.1) is 28.4 Å². The quantitative estimate of drug-likeness (QED) is 0.739. The maximum atomic E-state index is 5.75. The van der Waals surface area contributed by atoms with E-state index in [0.717, 1.165) is 22.3 Å². The van der Waals surface area contributed by atoms with Crippen molar-refractivity contribution in [2.75, 3.05) is 42.7 Å². The molecule has 6 heteroatoms. The standard InChI is InChI=1S/C20H28O6/c1-11-9-13(21-3)17(23-5)19(25-7)15(11)16-12(2)10-14(22-4)18(24-6)20(16)26-8/h9-10,13,17H,1-8H3/t13-,17?/m1/s1. The number of allylic oxidation sites excluding steroid dienone is 2. The molecule has 0 fully saturated rings. The lowest BCUT2D eigenvalue weighted by Gasteiger charge is -2.32. The highest BCUT2D eigenvalue weighted by Crippen LogP contribution is 2.48. The highest BCUT2D eigenvalue weighted by atomic mass is 16.6. The van der Waals surface area contributed by atoms with Gasteiger partial charge in [0.25, 0.3) is 0 Å². The highest BCUT2D eigenvalue weighted by Gasteiger charge is 2.35. The number of aryl methyl sites for hydroxylation is 1. The molecule has 2 rings (SSSR count). The van der Waals surface area contributed by atoms with Gasteiger partial charge in [-0.15, -0.1) is 0 Å². The Bertz CT molecular complexity index is 720. The monoisotopic (exact) mass is 364 g/mol. The zero-order chi connectivity index (χ0) is 19.4. The lowest BCUT2D eigenvalue weighted by Crippen LogP contribution is -2.34. The van der Waals surface area contributed by atoms with Gasteiger partial charge in [0.2, 0.25) is 5.75 Å². The van der Waals surface area contributed by atoms with Crippen LogP contribution in [0.3, 0.4) is 0 Å². The second kappa shape index (κ2) is 8.47. The van der Waals surface area contributed by atoms with Crippen molar-refractivity contribution in [2.24, 2.45) is 0 Å². The van der Waals surface area contributed by atoms with Gasteiger partial charge >= 0.3 is 0 Å². The van der Waals surface area contributed by atoms with Gasteiger partial charge in [0.15, 0.2) is 11.5 Å². The summed E-state index contributed by atoms with van der Waals surface area (Å²) < 4.78 is 33.7. The normalized spacial score (nSPS) is 19.9. The van der Waals surface area contributed by atoms with E-state index in [2.05, 4.69) is 0 Å². The molecule has 144 valence electrons. The number of ether oxygens (including phenoxy) is 6. The first-order chi connectivity index (χ1) is 12.5. The Hall–Kier alpha value is -2.18. The largest absolute Gasteiger partial charge is 0.498 e. The lowest BCUT2D eigenvalue weighted by molar-refractivity contribution is -0.0179. The fourth-order valence-electron chi connectivity index (χ4n) is 3.46. The van der Waals surface area contributed by atoms with Crippen molar-refractivity contribution in [2.45, 2.75) is 26.1 Å². The van der Waals surface area contributed by atoms with Gasteiger partial charge in [0, 0.05) is 25.4 Å². The predicted molar refractivity (Wildman–Crippen MR) is 100 cm³/mol. The highest BCUT2D eigenvalue weighted by molar-refractivity contribution is 5.88. The Kier molecular flexibility index (Phi) is 6.56. The Morgan fingerprint density at radius 1 is 0.769 bits per heavy atom. The van der Waals surface area contributed by atoms with Crippen molar-refractivity contribution in [3.8, 4) is 17.2 Å². The topological polar surface area (TPSA) is 55.4 Å². The van der Waals surface area contributed by atoms with Crippen LogP contribution in [0.25, 0.3) is 5.57 Å². The summed E-state index contributed by atoms with van der Waals surface area (Å²) >= 11 is 0. The van der Waals surface area contributed by atoms with Crippen LogP contribution < -0.4 is 14.2 Å². The van der Waals surface area contributed by atoms with Crippen molar-refractivity contribution in [3.63, 3.8) is 0 Å². The fraction of sp³-hybridized carbons (Fsp3) is 0.500. The van der Waals surface area contributed by atoms with E-state index in [1.165, 1.54) is 0 Å². The van der Waals surface area contributed by atoms with Crippen LogP contribution in [0, 0.1) is 6.92 Å². The van der Waals surface area contributed by atoms with Gasteiger partial charge in [-0.05, 0) is 37.1 Å². The van der Waals surface area contributed by atoms with Crippen LogP contribution in [0.15, 0.2) is 23.5 Å². The molecular formula is C20H28O6. The molecule has 0 aromatic heterocycles. The summed E-state index contributed by atoms with van der Waals surface area (Å²) in [5.74, 6) is 2.43. The van der Waals surface area contributed by atoms with Crippen molar-refractivity contribution in [1.82, 2.24) is 0 Å². The Morgan fingerprint density at radius 3 is 1.88 bits per heavy atom. The Morgan fingerprint density at radius 2 is 1.42 bits per heavy atom. The second-order valence-corrected chi connectivity index (χ2v) is 5.99. The average Bonchev–Trinajstić information content (AvgIpc) is 2.66. The third-order valence-corrected chi connectivity index (χ3v) is 4.64. The summed E-state index contributed by atoms with van der Waals surface area (Å²) in [6, 6.07) is 1.93. The summed E-state index contributed by atoms with van der Waals surface area (Å²) in [4.78, 5) is 0.